The van der Waals surface area contributed by atoms with Crippen molar-refractivity contribution in [3.63, 3.8) is 0 Å². The number of carboxylic acids is 1. The van der Waals surface area contributed by atoms with Crippen LogP contribution in [-0.4, -0.2) is 66.1 Å². The van der Waals surface area contributed by atoms with Crippen LogP contribution in [0.15, 0.2) is 48.7 Å². The molecule has 2 heterocycles. The fraction of sp³-hybridized carbons (Fsp3) is 0.381. The van der Waals surface area contributed by atoms with Gasteiger partial charge in [-0.1, -0.05) is 6.07 Å². The fourth-order valence-electron chi connectivity index (χ4n) is 3.14. The van der Waals surface area contributed by atoms with Crippen molar-refractivity contribution in [2.75, 3.05) is 44.2 Å². The number of pyridine rings is 1. The van der Waals surface area contributed by atoms with Gasteiger partial charge < -0.3 is 14.7 Å². The molecule has 0 saturated carbocycles. The highest BCUT2D eigenvalue weighted by Crippen LogP contribution is 2.15. The third-order valence-corrected chi connectivity index (χ3v) is 4.76. The summed E-state index contributed by atoms with van der Waals surface area (Å²) in [5, 5.41) is 8.65. The Morgan fingerprint density at radius 1 is 1.00 bits per heavy atom. The van der Waals surface area contributed by atoms with Gasteiger partial charge in [0.2, 0.25) is 0 Å². The Kier molecular flexibility index (Phi) is 6.97. The van der Waals surface area contributed by atoms with Crippen LogP contribution < -0.4 is 9.64 Å². The average Bonchev–Trinajstić information content (AvgIpc) is 2.73. The lowest BCUT2D eigenvalue weighted by Crippen LogP contribution is -2.47. The normalized spacial score (nSPS) is 14.6. The number of nitrogens with zero attached hydrogens (tertiary/aromatic N) is 3. The lowest BCUT2D eigenvalue weighted by molar-refractivity contribution is -0.136. The molecule has 1 aromatic heterocycles. The SMILES string of the molecule is O=C(O)CCC(=O)c1ccc(OCCN2CCN(c3ccccn3)CC2)cc1. The predicted molar refractivity (Wildman–Crippen MR) is 106 cm³/mol. The maximum Gasteiger partial charge on any atom is 0.303 e. The zero-order valence-electron chi connectivity index (χ0n) is 15.8. The number of hydrogen-bond donors (Lipinski definition) is 1. The van der Waals surface area contributed by atoms with Crippen LogP contribution in [0, 0.1) is 0 Å². The predicted octanol–water partition coefficient (Wildman–Crippen LogP) is 2.33. The van der Waals surface area contributed by atoms with Gasteiger partial charge >= 0.3 is 5.97 Å². The van der Waals surface area contributed by atoms with E-state index in [0.717, 1.165) is 38.5 Å². The van der Waals surface area contributed by atoms with Gasteiger partial charge in [-0.25, -0.2) is 4.98 Å². The van der Waals surface area contributed by atoms with E-state index in [1.807, 2.05) is 24.4 Å². The van der Waals surface area contributed by atoms with Gasteiger partial charge in [0.1, 0.15) is 18.2 Å². The maximum absolute atomic E-state index is 11.9. The van der Waals surface area contributed by atoms with E-state index >= 15 is 0 Å². The molecule has 1 aliphatic heterocycles. The summed E-state index contributed by atoms with van der Waals surface area (Å²) in [6.07, 6.45) is 1.69. The smallest absolute Gasteiger partial charge is 0.303 e. The number of piperazine rings is 1. The number of carbonyl (C=O) groups excluding carboxylic acids is 1. The van der Waals surface area contributed by atoms with Gasteiger partial charge in [0.25, 0.3) is 0 Å². The molecule has 1 saturated heterocycles. The summed E-state index contributed by atoms with van der Waals surface area (Å²) < 4.78 is 5.78. The molecule has 1 aromatic carbocycles. The first-order chi connectivity index (χ1) is 13.6. The molecule has 0 aliphatic carbocycles. The molecule has 2 aromatic rings. The van der Waals surface area contributed by atoms with Crippen molar-refractivity contribution in [1.29, 1.82) is 0 Å². The second-order valence-corrected chi connectivity index (χ2v) is 6.71. The molecular weight excluding hydrogens is 358 g/mol. The molecule has 0 bridgehead atoms. The van der Waals surface area contributed by atoms with Crippen molar-refractivity contribution in [3.8, 4) is 5.75 Å². The van der Waals surface area contributed by atoms with Gasteiger partial charge in [-0.05, 0) is 36.4 Å². The minimum absolute atomic E-state index is 0.0139. The summed E-state index contributed by atoms with van der Waals surface area (Å²) in [6, 6.07) is 12.9. The number of rotatable bonds is 9. The Morgan fingerprint density at radius 3 is 2.39 bits per heavy atom. The first kappa shape index (κ1) is 19.8. The summed E-state index contributed by atoms with van der Waals surface area (Å²) in [5.74, 6) is 0.604. The molecule has 1 N–H and O–H groups in total. The van der Waals surface area contributed by atoms with E-state index in [-0.39, 0.29) is 18.6 Å². The molecule has 0 atom stereocenters. The Bertz CT molecular complexity index is 772. The van der Waals surface area contributed by atoms with Crippen LogP contribution in [0.25, 0.3) is 0 Å². The quantitative estimate of drug-likeness (QED) is 0.666. The van der Waals surface area contributed by atoms with E-state index in [0.29, 0.717) is 17.9 Å². The highest BCUT2D eigenvalue weighted by molar-refractivity contribution is 5.97. The Labute approximate surface area is 164 Å². The van der Waals surface area contributed by atoms with Crippen LogP contribution in [0.2, 0.25) is 0 Å². The summed E-state index contributed by atoms with van der Waals surface area (Å²) in [7, 11) is 0. The molecule has 0 spiro atoms. The van der Waals surface area contributed by atoms with Crippen LogP contribution in [0.1, 0.15) is 23.2 Å². The molecule has 7 nitrogen and oxygen atoms in total. The van der Waals surface area contributed by atoms with Crippen LogP contribution in [-0.2, 0) is 4.79 Å². The van der Waals surface area contributed by atoms with E-state index < -0.39 is 5.97 Å². The van der Waals surface area contributed by atoms with E-state index in [1.165, 1.54) is 0 Å². The highest BCUT2D eigenvalue weighted by Gasteiger charge is 2.17. The Balaban J connectivity index is 1.37. The molecule has 3 rings (SSSR count). The van der Waals surface area contributed by atoms with Gasteiger partial charge in [0, 0.05) is 50.9 Å². The van der Waals surface area contributed by atoms with Crippen LogP contribution in [0.5, 0.6) is 5.75 Å². The molecule has 0 radical (unpaired) electrons. The van der Waals surface area contributed by atoms with Gasteiger partial charge in [0.05, 0.1) is 6.42 Å². The Morgan fingerprint density at radius 2 is 1.75 bits per heavy atom. The number of aromatic nitrogens is 1. The van der Waals surface area contributed by atoms with Crippen molar-refractivity contribution in [2.24, 2.45) is 0 Å². The average molecular weight is 383 g/mol. The number of benzene rings is 1. The van der Waals surface area contributed by atoms with Crippen molar-refractivity contribution in [3.05, 3.63) is 54.2 Å². The zero-order chi connectivity index (χ0) is 19.8. The van der Waals surface area contributed by atoms with Crippen LogP contribution in [0.4, 0.5) is 5.82 Å². The summed E-state index contributed by atoms with van der Waals surface area (Å²) in [5.41, 5.74) is 0.513. The summed E-state index contributed by atoms with van der Waals surface area (Å²) in [6.45, 7) is 5.26. The third-order valence-electron chi connectivity index (χ3n) is 4.76. The minimum atomic E-state index is -0.964. The van der Waals surface area contributed by atoms with E-state index in [1.54, 1.807) is 24.3 Å². The molecule has 1 aliphatic rings. The van der Waals surface area contributed by atoms with Gasteiger partial charge in [0.15, 0.2) is 5.78 Å². The lowest BCUT2D eigenvalue weighted by Gasteiger charge is -2.35. The number of ketones is 1. The topological polar surface area (TPSA) is 83.0 Å². The largest absolute Gasteiger partial charge is 0.492 e. The molecule has 7 heteroatoms. The van der Waals surface area contributed by atoms with E-state index in [4.69, 9.17) is 9.84 Å². The number of Topliss-reactive ketones (excluding diaryl/α,β-unsaturated/α-hetero) is 1. The zero-order valence-corrected chi connectivity index (χ0v) is 15.8. The van der Waals surface area contributed by atoms with E-state index in [9.17, 15) is 9.59 Å². The maximum atomic E-state index is 11.9. The van der Waals surface area contributed by atoms with Gasteiger partial charge in [-0.3, -0.25) is 14.5 Å². The standard InChI is InChI=1S/C21H25N3O4/c25-19(8-9-21(26)27)17-4-6-18(7-5-17)28-16-15-23-11-13-24(14-12-23)20-3-1-2-10-22-20/h1-7,10H,8-9,11-16H2,(H,26,27). The van der Waals surface area contributed by atoms with Crippen molar-refractivity contribution >= 4 is 17.6 Å². The number of anilines is 1. The number of hydrogen-bond acceptors (Lipinski definition) is 6. The first-order valence-electron chi connectivity index (χ1n) is 9.48. The summed E-state index contributed by atoms with van der Waals surface area (Å²) in [4.78, 5) is 31.5. The molecule has 148 valence electrons. The number of ether oxygens (including phenoxy) is 1. The van der Waals surface area contributed by atoms with E-state index in [2.05, 4.69) is 14.8 Å². The lowest BCUT2D eigenvalue weighted by atomic mass is 10.1. The van der Waals surface area contributed by atoms with Crippen molar-refractivity contribution < 1.29 is 19.4 Å². The van der Waals surface area contributed by atoms with Crippen molar-refractivity contribution in [2.45, 2.75) is 12.8 Å². The van der Waals surface area contributed by atoms with Crippen LogP contribution >= 0.6 is 0 Å². The fourth-order valence-corrected chi connectivity index (χ4v) is 3.14. The minimum Gasteiger partial charge on any atom is -0.492 e. The molecular formula is C21H25N3O4. The molecule has 28 heavy (non-hydrogen) atoms. The first-order valence-corrected chi connectivity index (χ1v) is 9.48. The third kappa shape index (κ3) is 5.79. The number of carbonyl (C=O) groups is 2. The highest BCUT2D eigenvalue weighted by atomic mass is 16.5. The molecule has 0 amide bonds. The second kappa shape index (κ2) is 9.85. The number of aliphatic carboxylic acids is 1. The van der Waals surface area contributed by atoms with Gasteiger partial charge in [-0.15, -0.1) is 0 Å². The second-order valence-electron chi connectivity index (χ2n) is 6.71. The van der Waals surface area contributed by atoms with Crippen LogP contribution in [0.3, 0.4) is 0 Å². The Hall–Kier alpha value is -2.93. The molecule has 1 fully saturated rings. The monoisotopic (exact) mass is 383 g/mol. The van der Waals surface area contributed by atoms with Gasteiger partial charge in [-0.2, -0.15) is 0 Å². The summed E-state index contributed by atoms with van der Waals surface area (Å²) >= 11 is 0. The number of carboxylic acid groups (broad SMARTS) is 1. The van der Waals surface area contributed by atoms with Crippen molar-refractivity contribution in [1.82, 2.24) is 9.88 Å². The molecule has 0 unspecified atom stereocenters.